The third-order valence-electron chi connectivity index (χ3n) is 5.66. The van der Waals surface area contributed by atoms with E-state index in [-0.39, 0.29) is 18.3 Å². The first-order chi connectivity index (χ1) is 11.2. The Kier molecular flexibility index (Phi) is 5.31. The Hall–Kier alpha value is -1.32. The van der Waals surface area contributed by atoms with E-state index in [9.17, 15) is 4.79 Å². The molecule has 1 aliphatic heterocycles. The highest BCUT2D eigenvalue weighted by Crippen LogP contribution is 2.32. The fourth-order valence-corrected chi connectivity index (χ4v) is 4.26. The van der Waals surface area contributed by atoms with Crippen molar-refractivity contribution in [3.8, 4) is 0 Å². The van der Waals surface area contributed by atoms with Gasteiger partial charge in [0, 0.05) is 11.1 Å². The summed E-state index contributed by atoms with van der Waals surface area (Å²) in [4.78, 5) is 15.4. The number of carbonyl (C=O) groups is 1. The summed E-state index contributed by atoms with van der Waals surface area (Å²) in [6, 6.07) is 8.45. The van der Waals surface area contributed by atoms with Crippen LogP contribution < -0.4 is 12.4 Å². The fraction of sp³-hybridized carbons (Fsp3) is 0.550. The molecule has 1 aromatic heterocycles. The van der Waals surface area contributed by atoms with E-state index < -0.39 is 0 Å². The summed E-state index contributed by atoms with van der Waals surface area (Å²) in [5, 5.41) is 1.29. The number of nitrogens with zero attached hydrogens (tertiary/aromatic N) is 2. The van der Waals surface area contributed by atoms with Gasteiger partial charge in [-0.2, -0.15) is 0 Å². The van der Waals surface area contributed by atoms with E-state index in [4.69, 9.17) is 0 Å². The van der Waals surface area contributed by atoms with Gasteiger partial charge < -0.3 is 12.4 Å². The summed E-state index contributed by atoms with van der Waals surface area (Å²) in [5.41, 5.74) is 3.83. The molecule has 0 saturated carbocycles. The van der Waals surface area contributed by atoms with Crippen LogP contribution in [0, 0.1) is 5.92 Å². The Labute approximate surface area is 150 Å². The van der Waals surface area contributed by atoms with Gasteiger partial charge in [-0.25, -0.2) is 0 Å². The van der Waals surface area contributed by atoms with Gasteiger partial charge in [0.1, 0.15) is 0 Å². The Morgan fingerprint density at radius 2 is 1.83 bits per heavy atom. The third-order valence-corrected chi connectivity index (χ3v) is 5.66. The minimum atomic E-state index is 0. The average Bonchev–Trinajstić information content (AvgIpc) is 2.91. The van der Waals surface area contributed by atoms with Crippen molar-refractivity contribution >= 4 is 16.8 Å². The highest BCUT2D eigenvalue weighted by atomic mass is 35.5. The van der Waals surface area contributed by atoms with Crippen LogP contribution >= 0.6 is 0 Å². The van der Waals surface area contributed by atoms with Crippen molar-refractivity contribution in [3.05, 3.63) is 35.5 Å². The normalized spacial score (nSPS) is 19.0. The average molecular weight is 346 g/mol. The third kappa shape index (κ3) is 3.12. The van der Waals surface area contributed by atoms with Gasteiger partial charge in [0.25, 0.3) is 0 Å². The minimum absolute atomic E-state index is 0. The summed E-state index contributed by atoms with van der Waals surface area (Å²) in [5.74, 6) is 1.07. The largest absolute Gasteiger partial charge is 1.00 e. The van der Waals surface area contributed by atoms with Gasteiger partial charge in [-0.05, 0) is 69.2 Å². The Bertz CT molecular complexity index is 729. The van der Waals surface area contributed by atoms with E-state index in [2.05, 4.69) is 36.1 Å². The number of aryl methyl sites for hydroxylation is 1. The molecule has 2 aliphatic rings. The molecule has 1 saturated heterocycles. The van der Waals surface area contributed by atoms with Crippen molar-refractivity contribution in [2.45, 2.75) is 45.4 Å². The zero-order chi connectivity index (χ0) is 15.8. The summed E-state index contributed by atoms with van der Waals surface area (Å²) in [7, 11) is 0. The topological polar surface area (TPSA) is 25.2 Å². The van der Waals surface area contributed by atoms with Crippen LogP contribution in [0.4, 0.5) is 0 Å². The van der Waals surface area contributed by atoms with E-state index in [0.29, 0.717) is 6.54 Å². The number of aromatic nitrogens is 1. The molecule has 0 atom stereocenters. The molecule has 0 bridgehead atoms. The van der Waals surface area contributed by atoms with E-state index >= 15 is 0 Å². The van der Waals surface area contributed by atoms with Crippen LogP contribution in [0.2, 0.25) is 0 Å². The second-order valence-corrected chi connectivity index (χ2v) is 7.34. The van der Waals surface area contributed by atoms with E-state index in [0.717, 1.165) is 37.4 Å². The molecule has 1 fully saturated rings. The molecular formula is C20H26ClN2O-. The molecule has 0 unspecified atom stereocenters. The Balaban J connectivity index is 0.00000169. The molecule has 0 amide bonds. The van der Waals surface area contributed by atoms with Gasteiger partial charge in [0.2, 0.25) is 5.91 Å². The Morgan fingerprint density at radius 1 is 1.12 bits per heavy atom. The standard InChI is InChI=1S/C20H26N2O.ClH/c1-15-10-12-21(13-11-15)14-20(23)22-18-8-4-2-6-16(18)17-7-3-5-9-19(17)22;/h2,4,6,8,15H,3,5,7,9-14H2,1H3;1H/p-1. The monoisotopic (exact) mass is 345 g/mol. The number of hydrogen-bond acceptors (Lipinski definition) is 2. The molecule has 1 aliphatic carbocycles. The lowest BCUT2D eigenvalue weighted by Gasteiger charge is -2.29. The number of para-hydroxylation sites is 1. The lowest BCUT2D eigenvalue weighted by molar-refractivity contribution is -0.0000141. The van der Waals surface area contributed by atoms with Crippen LogP contribution in [0.25, 0.3) is 10.9 Å². The van der Waals surface area contributed by atoms with Gasteiger partial charge in [0.05, 0.1) is 12.1 Å². The number of benzene rings is 1. The molecule has 0 N–H and O–H groups in total. The summed E-state index contributed by atoms with van der Waals surface area (Å²) in [6.45, 7) is 5.01. The quantitative estimate of drug-likeness (QED) is 0.808. The number of fused-ring (bicyclic) bond motifs is 3. The van der Waals surface area contributed by atoms with Crippen molar-refractivity contribution in [2.75, 3.05) is 19.6 Å². The van der Waals surface area contributed by atoms with Crippen LogP contribution in [-0.2, 0) is 12.8 Å². The number of piperidine rings is 1. The van der Waals surface area contributed by atoms with E-state index in [1.54, 1.807) is 0 Å². The van der Waals surface area contributed by atoms with E-state index in [1.807, 2.05) is 4.57 Å². The number of carbonyl (C=O) groups excluding carboxylic acids is 1. The second-order valence-electron chi connectivity index (χ2n) is 7.34. The van der Waals surface area contributed by atoms with Crippen LogP contribution in [0.15, 0.2) is 24.3 Å². The van der Waals surface area contributed by atoms with Crippen molar-refractivity contribution in [2.24, 2.45) is 5.92 Å². The highest BCUT2D eigenvalue weighted by molar-refractivity contribution is 5.97. The summed E-state index contributed by atoms with van der Waals surface area (Å²) < 4.78 is 2.04. The van der Waals surface area contributed by atoms with Gasteiger partial charge in [-0.3, -0.25) is 14.3 Å². The van der Waals surface area contributed by atoms with Gasteiger partial charge in [0.15, 0.2) is 0 Å². The summed E-state index contributed by atoms with van der Waals surface area (Å²) >= 11 is 0. The number of likely N-dealkylation sites (tertiary alicyclic amines) is 1. The number of hydrogen-bond donors (Lipinski definition) is 0. The number of halogens is 1. The van der Waals surface area contributed by atoms with Gasteiger partial charge in [-0.15, -0.1) is 0 Å². The van der Waals surface area contributed by atoms with Crippen LogP contribution in [0.3, 0.4) is 0 Å². The van der Waals surface area contributed by atoms with Crippen molar-refractivity contribution < 1.29 is 17.2 Å². The van der Waals surface area contributed by atoms with Crippen LogP contribution in [-0.4, -0.2) is 35.0 Å². The molecule has 2 heterocycles. The van der Waals surface area contributed by atoms with Gasteiger partial charge in [-0.1, -0.05) is 25.1 Å². The minimum Gasteiger partial charge on any atom is -1.00 e. The highest BCUT2D eigenvalue weighted by Gasteiger charge is 2.25. The molecule has 24 heavy (non-hydrogen) atoms. The first-order valence-electron chi connectivity index (χ1n) is 9.11. The lowest BCUT2D eigenvalue weighted by Crippen LogP contribution is -3.00. The maximum Gasteiger partial charge on any atom is 0.245 e. The van der Waals surface area contributed by atoms with Crippen LogP contribution in [0.1, 0.15) is 48.7 Å². The molecule has 2 aromatic rings. The van der Waals surface area contributed by atoms with Crippen molar-refractivity contribution in [1.82, 2.24) is 9.47 Å². The molecule has 0 radical (unpaired) electrons. The molecule has 4 rings (SSSR count). The zero-order valence-electron chi connectivity index (χ0n) is 14.4. The smallest absolute Gasteiger partial charge is 0.245 e. The molecule has 3 nitrogen and oxygen atoms in total. The summed E-state index contributed by atoms with van der Waals surface area (Å²) in [6.07, 6.45) is 7.07. The van der Waals surface area contributed by atoms with E-state index in [1.165, 1.54) is 42.3 Å². The zero-order valence-corrected chi connectivity index (χ0v) is 15.2. The fourth-order valence-electron chi connectivity index (χ4n) is 4.26. The Morgan fingerprint density at radius 3 is 2.62 bits per heavy atom. The lowest BCUT2D eigenvalue weighted by atomic mass is 9.95. The maximum atomic E-state index is 13.1. The SMILES string of the molecule is CC1CCN(CC(=O)n2c3c(c4ccccc42)CCCC3)CC1.[Cl-]. The molecule has 0 spiro atoms. The molecule has 4 heteroatoms. The maximum absolute atomic E-state index is 13.1. The predicted molar refractivity (Wildman–Crippen MR) is 94.0 cm³/mol. The molecule has 130 valence electrons. The molecule has 1 aromatic carbocycles. The first kappa shape index (κ1) is 17.5. The number of rotatable bonds is 2. The second kappa shape index (κ2) is 7.28. The van der Waals surface area contributed by atoms with Crippen molar-refractivity contribution in [1.29, 1.82) is 0 Å². The van der Waals surface area contributed by atoms with Gasteiger partial charge >= 0.3 is 0 Å². The first-order valence-corrected chi connectivity index (χ1v) is 9.11. The predicted octanol–water partition coefficient (Wildman–Crippen LogP) is 0.896. The molecular weight excluding hydrogens is 320 g/mol. The van der Waals surface area contributed by atoms with Crippen molar-refractivity contribution in [3.63, 3.8) is 0 Å². The van der Waals surface area contributed by atoms with Crippen LogP contribution in [0.5, 0.6) is 0 Å².